The van der Waals surface area contributed by atoms with Crippen LogP contribution in [-0.2, 0) is 0 Å². The highest BCUT2D eigenvalue weighted by Gasteiger charge is 2.32. The summed E-state index contributed by atoms with van der Waals surface area (Å²) < 4.78 is 39.7. The van der Waals surface area contributed by atoms with E-state index < -0.39 is 6.36 Å². The lowest BCUT2D eigenvalue weighted by Crippen LogP contribution is -2.17. The van der Waals surface area contributed by atoms with Crippen LogP contribution in [0.4, 0.5) is 13.2 Å². The van der Waals surface area contributed by atoms with Crippen molar-refractivity contribution in [2.45, 2.75) is 11.3 Å². The van der Waals surface area contributed by atoms with E-state index in [-0.39, 0.29) is 5.75 Å². The second-order valence-electron chi connectivity index (χ2n) is 2.53. The summed E-state index contributed by atoms with van der Waals surface area (Å²) in [4.78, 5) is 0.440. The standard InChI is InChI=1S/C9H8F3OS/c1-6-3-4-8(14-2)7(5-6)13-9(10,11)12/h3-5H,1H2,2H3. The summed E-state index contributed by atoms with van der Waals surface area (Å²) in [5.74, 6) is -0.197. The first kappa shape index (κ1) is 11.2. The quantitative estimate of drug-likeness (QED) is 0.707. The van der Waals surface area contributed by atoms with Gasteiger partial charge in [0.05, 0.1) is 0 Å². The number of benzene rings is 1. The van der Waals surface area contributed by atoms with Crippen LogP contribution in [0.2, 0.25) is 0 Å². The summed E-state index contributed by atoms with van der Waals surface area (Å²) in [5, 5.41) is 0. The molecule has 0 aliphatic heterocycles. The van der Waals surface area contributed by atoms with Gasteiger partial charge >= 0.3 is 6.36 Å². The third-order valence-electron chi connectivity index (χ3n) is 1.45. The molecule has 1 aromatic rings. The Morgan fingerprint density at radius 3 is 2.50 bits per heavy atom. The van der Waals surface area contributed by atoms with Gasteiger partial charge in [0, 0.05) is 4.90 Å². The zero-order chi connectivity index (χ0) is 10.8. The third-order valence-corrected chi connectivity index (χ3v) is 2.23. The Bertz CT molecular complexity index is 322. The van der Waals surface area contributed by atoms with Gasteiger partial charge in [0.1, 0.15) is 5.75 Å². The molecule has 14 heavy (non-hydrogen) atoms. The molecule has 77 valence electrons. The van der Waals surface area contributed by atoms with Crippen molar-refractivity contribution in [3.63, 3.8) is 0 Å². The number of thioether (sulfide) groups is 1. The Morgan fingerprint density at radius 1 is 1.36 bits per heavy atom. The maximum Gasteiger partial charge on any atom is 0.573 e. The molecule has 0 amide bonds. The van der Waals surface area contributed by atoms with E-state index in [1.54, 1.807) is 18.4 Å². The van der Waals surface area contributed by atoms with Crippen LogP contribution in [0.25, 0.3) is 0 Å². The van der Waals surface area contributed by atoms with Gasteiger partial charge in [-0.3, -0.25) is 0 Å². The van der Waals surface area contributed by atoms with E-state index >= 15 is 0 Å². The molecule has 5 heteroatoms. The fourth-order valence-electron chi connectivity index (χ4n) is 0.926. The fraction of sp³-hybridized carbons (Fsp3) is 0.222. The molecule has 0 fully saturated rings. The number of hydrogen-bond acceptors (Lipinski definition) is 2. The van der Waals surface area contributed by atoms with Crippen molar-refractivity contribution in [2.24, 2.45) is 0 Å². The number of ether oxygens (including phenoxy) is 1. The van der Waals surface area contributed by atoms with E-state index in [4.69, 9.17) is 0 Å². The van der Waals surface area contributed by atoms with Crippen LogP contribution in [0.15, 0.2) is 23.1 Å². The summed E-state index contributed by atoms with van der Waals surface area (Å²) >= 11 is 1.19. The minimum atomic E-state index is -4.65. The zero-order valence-corrected chi connectivity index (χ0v) is 8.21. The molecule has 0 N–H and O–H groups in total. The lowest BCUT2D eigenvalue weighted by atomic mass is 10.2. The van der Waals surface area contributed by atoms with Gasteiger partial charge in [-0.15, -0.1) is 24.9 Å². The second-order valence-corrected chi connectivity index (χ2v) is 3.38. The second kappa shape index (κ2) is 4.13. The minimum absolute atomic E-state index is 0.197. The molecule has 1 nitrogen and oxygen atoms in total. The van der Waals surface area contributed by atoms with Crippen LogP contribution in [0.1, 0.15) is 5.56 Å². The van der Waals surface area contributed by atoms with Crippen molar-refractivity contribution < 1.29 is 17.9 Å². The number of rotatable bonds is 2. The van der Waals surface area contributed by atoms with Crippen LogP contribution in [0.5, 0.6) is 5.75 Å². The molecule has 1 aromatic carbocycles. The molecule has 0 saturated carbocycles. The number of hydrogen-bond donors (Lipinski definition) is 0. The molecule has 0 spiro atoms. The predicted octanol–water partition coefficient (Wildman–Crippen LogP) is 3.49. The van der Waals surface area contributed by atoms with E-state index in [1.165, 1.54) is 17.8 Å². The zero-order valence-electron chi connectivity index (χ0n) is 7.39. The molecule has 0 aromatic heterocycles. The van der Waals surface area contributed by atoms with Gasteiger partial charge in [0.15, 0.2) is 0 Å². The molecule has 1 radical (unpaired) electrons. The molecular formula is C9H8F3OS. The smallest absolute Gasteiger partial charge is 0.405 e. The largest absolute Gasteiger partial charge is 0.573 e. The molecule has 0 heterocycles. The topological polar surface area (TPSA) is 9.23 Å². The highest BCUT2D eigenvalue weighted by molar-refractivity contribution is 7.98. The van der Waals surface area contributed by atoms with Crippen molar-refractivity contribution in [1.29, 1.82) is 0 Å². The SMILES string of the molecule is [CH2]c1ccc(SC)c(OC(F)(F)F)c1. The van der Waals surface area contributed by atoms with Gasteiger partial charge in [-0.1, -0.05) is 6.07 Å². The van der Waals surface area contributed by atoms with Gasteiger partial charge in [-0.2, -0.15) is 0 Å². The van der Waals surface area contributed by atoms with E-state index in [1.807, 2.05) is 0 Å². The van der Waals surface area contributed by atoms with Crippen molar-refractivity contribution >= 4 is 11.8 Å². The minimum Gasteiger partial charge on any atom is -0.405 e. The first-order valence-corrected chi connectivity index (χ1v) is 4.90. The maximum absolute atomic E-state index is 11.9. The van der Waals surface area contributed by atoms with Crippen molar-refractivity contribution in [3.8, 4) is 5.75 Å². The van der Waals surface area contributed by atoms with Crippen LogP contribution in [0, 0.1) is 6.92 Å². The van der Waals surface area contributed by atoms with Crippen LogP contribution in [-0.4, -0.2) is 12.6 Å². The molecule has 0 unspecified atom stereocenters. The Morgan fingerprint density at radius 2 is 2.00 bits per heavy atom. The van der Waals surface area contributed by atoms with Crippen molar-refractivity contribution in [2.75, 3.05) is 6.26 Å². The van der Waals surface area contributed by atoms with Gasteiger partial charge < -0.3 is 4.74 Å². The van der Waals surface area contributed by atoms with Crippen LogP contribution in [0.3, 0.4) is 0 Å². The number of halogens is 3. The molecule has 1 rings (SSSR count). The van der Waals surface area contributed by atoms with Crippen LogP contribution >= 0.6 is 11.8 Å². The molecule has 0 aliphatic rings. The fourth-order valence-corrected chi connectivity index (χ4v) is 1.43. The lowest BCUT2D eigenvalue weighted by molar-refractivity contribution is -0.275. The highest BCUT2D eigenvalue weighted by atomic mass is 32.2. The summed E-state index contributed by atoms with van der Waals surface area (Å²) in [6.07, 6.45) is -2.97. The normalized spacial score (nSPS) is 11.5. The summed E-state index contributed by atoms with van der Waals surface area (Å²) in [6.45, 7) is 3.53. The Hall–Kier alpha value is -0.840. The molecule has 0 atom stereocenters. The van der Waals surface area contributed by atoms with Gasteiger partial charge in [-0.25, -0.2) is 0 Å². The lowest BCUT2D eigenvalue weighted by Gasteiger charge is -2.12. The molecule has 0 saturated heterocycles. The molecular weight excluding hydrogens is 213 g/mol. The van der Waals surface area contributed by atoms with Crippen molar-refractivity contribution in [3.05, 3.63) is 30.7 Å². The van der Waals surface area contributed by atoms with Gasteiger partial charge in [0.25, 0.3) is 0 Å². The van der Waals surface area contributed by atoms with Crippen LogP contribution < -0.4 is 4.74 Å². The van der Waals surface area contributed by atoms with E-state index in [0.717, 1.165) is 0 Å². The average molecular weight is 221 g/mol. The Kier molecular flexibility index (Phi) is 3.31. The van der Waals surface area contributed by atoms with Gasteiger partial charge in [0.2, 0.25) is 0 Å². The molecule has 0 bridgehead atoms. The maximum atomic E-state index is 11.9. The Labute approximate surface area is 84.3 Å². The average Bonchev–Trinajstić information content (AvgIpc) is 2.01. The monoisotopic (exact) mass is 221 g/mol. The summed E-state index contributed by atoms with van der Waals surface area (Å²) in [5.41, 5.74) is 0.488. The summed E-state index contributed by atoms with van der Waals surface area (Å²) in [7, 11) is 0. The highest BCUT2D eigenvalue weighted by Crippen LogP contribution is 2.32. The predicted molar refractivity (Wildman–Crippen MR) is 49.4 cm³/mol. The first-order chi connectivity index (χ1) is 6.42. The number of alkyl halides is 3. The third kappa shape index (κ3) is 3.14. The van der Waals surface area contributed by atoms with Gasteiger partial charge in [-0.05, 0) is 30.9 Å². The first-order valence-electron chi connectivity index (χ1n) is 3.68. The van der Waals surface area contributed by atoms with E-state index in [2.05, 4.69) is 11.7 Å². The van der Waals surface area contributed by atoms with Crippen molar-refractivity contribution in [1.82, 2.24) is 0 Å². The Balaban J connectivity index is 2.99. The van der Waals surface area contributed by atoms with E-state index in [9.17, 15) is 13.2 Å². The molecule has 0 aliphatic carbocycles. The van der Waals surface area contributed by atoms with E-state index in [0.29, 0.717) is 10.5 Å². The summed E-state index contributed by atoms with van der Waals surface area (Å²) in [6, 6.07) is 4.45.